The average molecular weight is 409 g/mol. The maximum Gasteiger partial charge on any atom is 0.335 e. The van der Waals surface area contributed by atoms with E-state index in [1.807, 2.05) is 18.2 Å². The fraction of sp³-hybridized carbons (Fsp3) is 0. The molecular formula is C24H15N3O4. The molecule has 2 N–H and O–H groups in total. The van der Waals surface area contributed by atoms with Crippen LogP contribution in [0.15, 0.2) is 77.6 Å². The second-order valence-electron chi connectivity index (χ2n) is 7.04. The third kappa shape index (κ3) is 3.08. The van der Waals surface area contributed by atoms with Gasteiger partial charge in [0.15, 0.2) is 0 Å². The second-order valence-corrected chi connectivity index (χ2v) is 7.04. The maximum absolute atomic E-state index is 13.3. The molecule has 0 radical (unpaired) electrons. The van der Waals surface area contributed by atoms with Gasteiger partial charge in [0.25, 0.3) is 11.5 Å². The molecule has 1 aliphatic rings. The molecule has 1 aliphatic heterocycles. The number of amides is 1. The zero-order valence-corrected chi connectivity index (χ0v) is 16.1. The van der Waals surface area contributed by atoms with Crippen LogP contribution in [-0.2, 0) is 4.79 Å². The van der Waals surface area contributed by atoms with Crippen LogP contribution in [0.1, 0.15) is 21.7 Å². The number of nitrogens with zero attached hydrogens (tertiary/aromatic N) is 2. The number of hydrogen-bond acceptors (Lipinski definition) is 4. The molecule has 0 saturated heterocycles. The predicted molar refractivity (Wildman–Crippen MR) is 117 cm³/mol. The third-order valence-electron chi connectivity index (χ3n) is 5.16. The highest BCUT2D eigenvalue weighted by molar-refractivity contribution is 6.34. The second kappa shape index (κ2) is 7.07. The Morgan fingerprint density at radius 2 is 1.65 bits per heavy atom. The molecule has 0 spiro atoms. The van der Waals surface area contributed by atoms with Crippen LogP contribution in [-0.4, -0.2) is 26.5 Å². The van der Waals surface area contributed by atoms with E-state index < -0.39 is 5.97 Å². The largest absolute Gasteiger partial charge is 0.478 e. The van der Waals surface area contributed by atoms with E-state index in [0.717, 1.165) is 5.56 Å². The van der Waals surface area contributed by atoms with Crippen molar-refractivity contribution in [2.45, 2.75) is 0 Å². The minimum Gasteiger partial charge on any atom is -0.478 e. The first-order valence-electron chi connectivity index (χ1n) is 9.51. The number of fused-ring (bicyclic) bond motifs is 2. The van der Waals surface area contributed by atoms with Gasteiger partial charge in [-0.3, -0.25) is 14.2 Å². The average Bonchev–Trinajstić information content (AvgIpc) is 3.09. The minimum atomic E-state index is -1.06. The number of aromatic carboxylic acids is 1. The monoisotopic (exact) mass is 409 g/mol. The summed E-state index contributed by atoms with van der Waals surface area (Å²) in [6.45, 7) is 0. The van der Waals surface area contributed by atoms with Crippen LogP contribution in [0, 0.1) is 0 Å². The van der Waals surface area contributed by atoms with Crippen LogP contribution in [0.3, 0.4) is 0 Å². The van der Waals surface area contributed by atoms with Crippen molar-refractivity contribution in [3.63, 3.8) is 0 Å². The van der Waals surface area contributed by atoms with Crippen LogP contribution in [0.25, 0.3) is 28.2 Å². The van der Waals surface area contributed by atoms with Gasteiger partial charge in [-0.1, -0.05) is 30.3 Å². The Hall–Kier alpha value is -4.52. The van der Waals surface area contributed by atoms with Crippen LogP contribution in [0.4, 0.5) is 5.69 Å². The lowest BCUT2D eigenvalue weighted by Crippen LogP contribution is -2.22. The number of carboxylic acids is 1. The number of rotatable bonds is 3. The van der Waals surface area contributed by atoms with Gasteiger partial charge in [-0.25, -0.2) is 9.78 Å². The summed E-state index contributed by atoms with van der Waals surface area (Å²) in [5.41, 5.74) is 2.56. The lowest BCUT2D eigenvalue weighted by atomic mass is 10.1. The number of carboxylic acid groups (broad SMARTS) is 1. The van der Waals surface area contributed by atoms with Gasteiger partial charge < -0.3 is 10.4 Å². The lowest BCUT2D eigenvalue weighted by molar-refractivity contribution is -0.110. The molecule has 0 bridgehead atoms. The van der Waals surface area contributed by atoms with Gasteiger partial charge in [0, 0.05) is 11.3 Å². The van der Waals surface area contributed by atoms with Crippen molar-refractivity contribution in [2.24, 2.45) is 0 Å². The number of carbonyl (C=O) groups excluding carboxylic acids is 1. The first-order valence-corrected chi connectivity index (χ1v) is 9.51. The number of carbonyl (C=O) groups is 2. The molecule has 0 fully saturated rings. The number of benzene rings is 3. The summed E-state index contributed by atoms with van der Waals surface area (Å²) in [5.74, 6) is -1.07. The summed E-state index contributed by atoms with van der Waals surface area (Å²) >= 11 is 0. The highest BCUT2D eigenvalue weighted by Crippen LogP contribution is 2.32. The number of anilines is 1. The van der Waals surface area contributed by atoms with E-state index >= 15 is 0 Å². The van der Waals surface area contributed by atoms with Gasteiger partial charge in [0.2, 0.25) is 0 Å². The summed E-state index contributed by atoms with van der Waals surface area (Å²) in [7, 11) is 0. The Morgan fingerprint density at radius 1 is 0.935 bits per heavy atom. The Bertz CT molecular complexity index is 1470. The van der Waals surface area contributed by atoms with E-state index in [-0.39, 0.29) is 22.9 Å². The van der Waals surface area contributed by atoms with E-state index in [2.05, 4.69) is 10.3 Å². The Kier molecular flexibility index (Phi) is 4.22. The molecule has 150 valence electrons. The Labute approximate surface area is 175 Å². The highest BCUT2D eigenvalue weighted by Gasteiger charge is 2.24. The third-order valence-corrected chi connectivity index (χ3v) is 5.16. The van der Waals surface area contributed by atoms with Crippen molar-refractivity contribution in [1.29, 1.82) is 0 Å². The van der Waals surface area contributed by atoms with Crippen molar-refractivity contribution < 1.29 is 14.7 Å². The predicted octanol–water partition coefficient (Wildman–Crippen LogP) is 3.58. The zero-order valence-electron chi connectivity index (χ0n) is 16.1. The lowest BCUT2D eigenvalue weighted by Gasteiger charge is -2.12. The van der Waals surface area contributed by atoms with Crippen LogP contribution in [0.2, 0.25) is 0 Å². The standard InChI is InChI=1S/C24H15N3O4/c28-22-18(16-5-1-3-7-19(16)26-22)13-21-25-20-8-4-2-6-17(20)23(29)27(21)15-11-9-14(10-12-15)24(30)31/h1-13H,(H,26,28)(H,30,31)/b18-13-. The Balaban J connectivity index is 1.78. The molecule has 2 heterocycles. The van der Waals surface area contributed by atoms with Crippen molar-refractivity contribution in [1.82, 2.24) is 9.55 Å². The molecular weight excluding hydrogens is 394 g/mol. The molecule has 7 nitrogen and oxygen atoms in total. The van der Waals surface area contributed by atoms with Gasteiger partial charge in [0.05, 0.1) is 27.7 Å². The van der Waals surface area contributed by atoms with Crippen molar-refractivity contribution in [2.75, 3.05) is 5.32 Å². The van der Waals surface area contributed by atoms with Gasteiger partial charge in [0.1, 0.15) is 5.82 Å². The number of aromatic nitrogens is 2. The molecule has 7 heteroatoms. The van der Waals surface area contributed by atoms with Gasteiger partial charge >= 0.3 is 5.97 Å². The molecule has 0 aliphatic carbocycles. The van der Waals surface area contributed by atoms with E-state index in [1.165, 1.54) is 16.7 Å². The molecule has 3 aromatic carbocycles. The van der Waals surface area contributed by atoms with Crippen molar-refractivity contribution >= 4 is 40.1 Å². The Morgan fingerprint density at radius 3 is 2.42 bits per heavy atom. The number of hydrogen-bond donors (Lipinski definition) is 2. The topological polar surface area (TPSA) is 101 Å². The normalized spacial score (nSPS) is 13.9. The fourth-order valence-corrected chi connectivity index (χ4v) is 3.66. The number of para-hydroxylation sites is 2. The first-order chi connectivity index (χ1) is 15.0. The van der Waals surface area contributed by atoms with Gasteiger partial charge in [-0.05, 0) is 48.5 Å². The van der Waals surface area contributed by atoms with Crippen molar-refractivity contribution in [3.8, 4) is 5.69 Å². The van der Waals surface area contributed by atoms with E-state index in [0.29, 0.717) is 27.9 Å². The highest BCUT2D eigenvalue weighted by atomic mass is 16.4. The molecule has 0 saturated carbocycles. The van der Waals surface area contributed by atoms with Crippen LogP contribution >= 0.6 is 0 Å². The minimum absolute atomic E-state index is 0.106. The molecule has 0 atom stereocenters. The van der Waals surface area contributed by atoms with Gasteiger partial charge in [-0.15, -0.1) is 0 Å². The van der Waals surface area contributed by atoms with E-state index in [1.54, 1.807) is 48.5 Å². The first kappa shape index (κ1) is 18.5. The van der Waals surface area contributed by atoms with Crippen LogP contribution < -0.4 is 10.9 Å². The van der Waals surface area contributed by atoms with Crippen LogP contribution in [0.5, 0.6) is 0 Å². The SMILES string of the molecule is O=C1Nc2ccccc2/C1=C/c1nc2ccccc2c(=O)n1-c1ccc(C(=O)O)cc1. The fourth-order valence-electron chi connectivity index (χ4n) is 3.66. The van der Waals surface area contributed by atoms with E-state index in [4.69, 9.17) is 0 Å². The summed E-state index contributed by atoms with van der Waals surface area (Å²) in [5, 5.41) is 12.4. The van der Waals surface area contributed by atoms with E-state index in [9.17, 15) is 19.5 Å². The molecule has 5 rings (SSSR count). The number of nitrogens with one attached hydrogen (secondary N) is 1. The molecule has 1 aromatic heterocycles. The summed E-state index contributed by atoms with van der Waals surface area (Å²) < 4.78 is 1.38. The molecule has 4 aromatic rings. The quantitative estimate of drug-likeness (QED) is 0.504. The molecule has 31 heavy (non-hydrogen) atoms. The molecule has 1 amide bonds. The van der Waals surface area contributed by atoms with Crippen molar-refractivity contribution in [3.05, 3.63) is 100 Å². The van der Waals surface area contributed by atoms with Gasteiger partial charge in [-0.2, -0.15) is 0 Å². The molecule has 0 unspecified atom stereocenters. The summed E-state index contributed by atoms with van der Waals surface area (Å²) in [6, 6.07) is 20.2. The smallest absolute Gasteiger partial charge is 0.335 e. The maximum atomic E-state index is 13.3. The summed E-state index contributed by atoms with van der Waals surface area (Å²) in [6.07, 6.45) is 1.58. The zero-order chi connectivity index (χ0) is 21.5. The summed E-state index contributed by atoms with van der Waals surface area (Å²) in [4.78, 5) is 41.8.